The summed E-state index contributed by atoms with van der Waals surface area (Å²) >= 11 is 3.42. The van der Waals surface area contributed by atoms with Gasteiger partial charge in [-0.2, -0.15) is 0 Å². The lowest BCUT2D eigenvalue weighted by Gasteiger charge is -2.02. The van der Waals surface area contributed by atoms with Crippen LogP contribution in [0.2, 0.25) is 0 Å². The van der Waals surface area contributed by atoms with Crippen LogP contribution < -0.4 is 5.32 Å². The second kappa shape index (κ2) is 4.23. The molecule has 1 N–H and O–H groups in total. The molecule has 0 aromatic heterocycles. The Morgan fingerprint density at radius 3 is 2.77 bits per heavy atom. The third-order valence-electron chi connectivity index (χ3n) is 1.44. The molecule has 0 unspecified atom stereocenters. The first kappa shape index (κ1) is 9.98. The number of carbonyl (C=O) groups excluding carboxylic acids is 1. The number of hydrogen-bond acceptors (Lipinski definition) is 1. The maximum Gasteiger partial charge on any atom is 0.276 e. The molecule has 0 heterocycles. The second-order valence-electron chi connectivity index (χ2n) is 2.39. The molecule has 13 heavy (non-hydrogen) atoms. The summed E-state index contributed by atoms with van der Waals surface area (Å²) in [6, 6.07) is 3.05. The molecule has 0 aliphatic rings. The van der Waals surface area contributed by atoms with Gasteiger partial charge in [-0.3, -0.25) is 4.79 Å². The number of amides is 1. The molecule has 0 aliphatic heterocycles. The lowest BCUT2D eigenvalue weighted by Crippen LogP contribution is -2.16. The van der Waals surface area contributed by atoms with Crippen molar-refractivity contribution in [3.8, 4) is 0 Å². The van der Waals surface area contributed by atoms with Crippen LogP contribution >= 0.6 is 12.6 Å². The van der Waals surface area contributed by atoms with Crippen molar-refractivity contribution in [1.29, 1.82) is 0 Å². The SMILES string of the molecule is O=C(S)NCc1cc(F)ccc1F. The van der Waals surface area contributed by atoms with Gasteiger partial charge in [0.2, 0.25) is 0 Å². The van der Waals surface area contributed by atoms with Gasteiger partial charge in [-0.1, -0.05) is 12.6 Å². The van der Waals surface area contributed by atoms with Crippen molar-refractivity contribution in [2.75, 3.05) is 0 Å². The molecule has 1 amide bonds. The molecule has 2 nitrogen and oxygen atoms in total. The lowest BCUT2D eigenvalue weighted by molar-refractivity contribution is 0.260. The average molecular weight is 203 g/mol. The Labute approximate surface area is 79.4 Å². The third-order valence-corrected chi connectivity index (χ3v) is 1.60. The van der Waals surface area contributed by atoms with Gasteiger partial charge in [0.05, 0.1) is 0 Å². The number of hydrogen-bond donors (Lipinski definition) is 2. The number of halogens is 2. The van der Waals surface area contributed by atoms with Crippen LogP contribution in [0.1, 0.15) is 5.56 Å². The normalized spacial score (nSPS) is 9.77. The van der Waals surface area contributed by atoms with E-state index < -0.39 is 16.9 Å². The van der Waals surface area contributed by atoms with Crippen molar-refractivity contribution >= 4 is 17.9 Å². The van der Waals surface area contributed by atoms with Crippen LogP contribution in [-0.2, 0) is 6.54 Å². The van der Waals surface area contributed by atoms with Crippen LogP contribution in [0.15, 0.2) is 18.2 Å². The Bertz CT molecular complexity index is 330. The highest BCUT2D eigenvalue weighted by Crippen LogP contribution is 2.09. The van der Waals surface area contributed by atoms with E-state index in [1.807, 2.05) is 0 Å². The van der Waals surface area contributed by atoms with Gasteiger partial charge < -0.3 is 5.32 Å². The summed E-state index contributed by atoms with van der Waals surface area (Å²) in [7, 11) is 0. The van der Waals surface area contributed by atoms with Gasteiger partial charge in [0.25, 0.3) is 5.24 Å². The van der Waals surface area contributed by atoms with Crippen LogP contribution in [0, 0.1) is 11.6 Å². The number of rotatable bonds is 2. The van der Waals surface area contributed by atoms with E-state index >= 15 is 0 Å². The highest BCUT2D eigenvalue weighted by molar-refractivity contribution is 7.96. The molecule has 1 aromatic rings. The largest absolute Gasteiger partial charge is 0.343 e. The molecule has 5 heteroatoms. The van der Waals surface area contributed by atoms with Gasteiger partial charge in [0, 0.05) is 12.1 Å². The molecule has 1 rings (SSSR count). The zero-order valence-electron chi connectivity index (χ0n) is 6.55. The minimum atomic E-state index is -0.580. The molecule has 0 fully saturated rings. The number of thiol groups is 1. The Kier molecular flexibility index (Phi) is 3.25. The van der Waals surface area contributed by atoms with E-state index in [-0.39, 0.29) is 12.1 Å². The zero-order valence-corrected chi connectivity index (χ0v) is 7.44. The first-order valence-corrected chi connectivity index (χ1v) is 3.95. The molecule has 0 atom stereocenters. The van der Waals surface area contributed by atoms with Crippen molar-refractivity contribution in [1.82, 2.24) is 5.32 Å². The van der Waals surface area contributed by atoms with Crippen molar-refractivity contribution in [3.63, 3.8) is 0 Å². The molecule has 0 spiro atoms. The van der Waals surface area contributed by atoms with E-state index in [0.717, 1.165) is 18.2 Å². The summed E-state index contributed by atoms with van der Waals surface area (Å²) in [6.45, 7) is -0.0636. The quantitative estimate of drug-likeness (QED) is 0.708. The van der Waals surface area contributed by atoms with E-state index in [0.29, 0.717) is 0 Å². The molecular formula is C8H7F2NOS. The summed E-state index contributed by atoms with van der Waals surface area (Å²) in [5.74, 6) is -1.09. The van der Waals surface area contributed by atoms with Crippen LogP contribution in [0.5, 0.6) is 0 Å². The van der Waals surface area contributed by atoms with Crippen molar-refractivity contribution in [3.05, 3.63) is 35.4 Å². The fraction of sp³-hybridized carbons (Fsp3) is 0.125. The summed E-state index contributed by atoms with van der Waals surface area (Å²) < 4.78 is 25.5. The van der Waals surface area contributed by atoms with Crippen molar-refractivity contribution in [2.45, 2.75) is 6.54 Å². The highest BCUT2D eigenvalue weighted by atomic mass is 32.1. The van der Waals surface area contributed by atoms with Gasteiger partial charge >= 0.3 is 0 Å². The summed E-state index contributed by atoms with van der Waals surface area (Å²) in [6.07, 6.45) is 0. The predicted molar refractivity (Wildman–Crippen MR) is 47.6 cm³/mol. The Morgan fingerprint density at radius 1 is 1.46 bits per heavy atom. The fourth-order valence-corrected chi connectivity index (χ4v) is 0.929. The molecule has 1 aromatic carbocycles. The molecule has 70 valence electrons. The lowest BCUT2D eigenvalue weighted by atomic mass is 10.2. The number of nitrogens with one attached hydrogen (secondary N) is 1. The fourth-order valence-electron chi connectivity index (χ4n) is 0.850. The number of carbonyl (C=O) groups is 1. The average Bonchev–Trinajstić information content (AvgIpc) is 2.06. The Balaban J connectivity index is 2.75. The van der Waals surface area contributed by atoms with Crippen LogP contribution in [0.3, 0.4) is 0 Å². The van der Waals surface area contributed by atoms with E-state index in [4.69, 9.17) is 0 Å². The molecule has 0 aliphatic carbocycles. The first-order valence-electron chi connectivity index (χ1n) is 3.50. The van der Waals surface area contributed by atoms with Gasteiger partial charge in [-0.15, -0.1) is 0 Å². The summed E-state index contributed by atoms with van der Waals surface area (Å²) in [5, 5.41) is 1.67. The molecule has 0 saturated heterocycles. The molecular weight excluding hydrogens is 196 g/mol. The van der Waals surface area contributed by atoms with E-state index in [1.54, 1.807) is 0 Å². The monoisotopic (exact) mass is 203 g/mol. The highest BCUT2D eigenvalue weighted by Gasteiger charge is 2.03. The van der Waals surface area contributed by atoms with E-state index in [1.165, 1.54) is 0 Å². The summed E-state index contributed by atoms with van der Waals surface area (Å²) in [4.78, 5) is 10.4. The Morgan fingerprint density at radius 2 is 2.15 bits per heavy atom. The van der Waals surface area contributed by atoms with Gasteiger partial charge in [0.15, 0.2) is 0 Å². The van der Waals surface area contributed by atoms with Gasteiger partial charge in [0.1, 0.15) is 11.6 Å². The Hall–Kier alpha value is -1.10. The second-order valence-corrected chi connectivity index (χ2v) is 2.80. The first-order chi connectivity index (χ1) is 6.09. The van der Waals surface area contributed by atoms with Crippen molar-refractivity contribution < 1.29 is 13.6 Å². The maximum absolute atomic E-state index is 12.9. The minimum Gasteiger partial charge on any atom is -0.343 e. The van der Waals surface area contributed by atoms with Crippen LogP contribution in [0.4, 0.5) is 13.6 Å². The molecule has 0 saturated carbocycles. The predicted octanol–water partition coefficient (Wildman–Crippen LogP) is 2.10. The smallest absolute Gasteiger partial charge is 0.276 e. The van der Waals surface area contributed by atoms with Crippen molar-refractivity contribution in [2.24, 2.45) is 0 Å². The summed E-state index contributed by atoms with van der Waals surface area (Å²) in [5.41, 5.74) is 0.0994. The van der Waals surface area contributed by atoms with Gasteiger partial charge in [-0.05, 0) is 18.2 Å². The molecule has 0 radical (unpaired) electrons. The topological polar surface area (TPSA) is 29.1 Å². The van der Waals surface area contributed by atoms with Gasteiger partial charge in [-0.25, -0.2) is 8.78 Å². The molecule has 0 bridgehead atoms. The maximum atomic E-state index is 12.9. The minimum absolute atomic E-state index is 0.0636. The van der Waals surface area contributed by atoms with Crippen LogP contribution in [-0.4, -0.2) is 5.24 Å². The zero-order chi connectivity index (χ0) is 9.84. The van der Waals surface area contributed by atoms with E-state index in [2.05, 4.69) is 17.9 Å². The number of benzene rings is 1. The third kappa shape index (κ3) is 3.02. The van der Waals surface area contributed by atoms with E-state index in [9.17, 15) is 13.6 Å². The standard InChI is InChI=1S/C8H7F2NOS/c9-6-1-2-7(10)5(3-6)4-11-8(12)13/h1-3H,4H2,(H2,11,12,13). The van der Waals surface area contributed by atoms with Crippen LogP contribution in [0.25, 0.3) is 0 Å².